The van der Waals surface area contributed by atoms with E-state index in [0.29, 0.717) is 45.9 Å². The third-order valence-electron chi connectivity index (χ3n) is 12.3. The Bertz CT molecular complexity index is 3130. The minimum atomic E-state index is -3.74. The Morgan fingerprint density at radius 3 is 2.45 bits per heavy atom. The highest BCUT2D eigenvalue weighted by Gasteiger charge is 2.45. The van der Waals surface area contributed by atoms with Crippen molar-refractivity contribution in [1.29, 1.82) is 0 Å². The summed E-state index contributed by atoms with van der Waals surface area (Å²) in [7, 11) is -1.81. The number of thiophene rings is 1. The highest BCUT2D eigenvalue weighted by atomic mass is 35.5. The number of nitrogens with one attached hydrogen (secondary N) is 3. The molecule has 3 aliphatic rings. The van der Waals surface area contributed by atoms with Gasteiger partial charge >= 0.3 is 11.9 Å². The zero-order chi connectivity index (χ0) is 52.4. The number of piperidine rings is 2. The highest BCUT2D eigenvalue weighted by molar-refractivity contribution is 7.88. The van der Waals surface area contributed by atoms with E-state index >= 15 is 0 Å². The number of aromatic nitrogens is 3. The van der Waals surface area contributed by atoms with E-state index < -0.39 is 63.8 Å². The van der Waals surface area contributed by atoms with E-state index in [1.165, 1.54) is 15.1 Å². The van der Waals surface area contributed by atoms with Crippen LogP contribution < -0.4 is 25.6 Å². The summed E-state index contributed by atoms with van der Waals surface area (Å²) in [6, 6.07) is 17.8. The number of halogens is 1. The summed E-state index contributed by atoms with van der Waals surface area (Å²) < 4.78 is 41.4. The smallest absolute Gasteiger partial charge is 0.352 e. The van der Waals surface area contributed by atoms with E-state index in [0.717, 1.165) is 21.9 Å². The number of aryl methyl sites for hydroxylation is 1. The summed E-state index contributed by atoms with van der Waals surface area (Å²) in [6.45, 7) is 5.30. The van der Waals surface area contributed by atoms with Gasteiger partial charge in [-0.15, -0.1) is 16.4 Å². The van der Waals surface area contributed by atoms with Crippen LogP contribution in [0.5, 0.6) is 5.75 Å². The van der Waals surface area contributed by atoms with E-state index in [4.69, 9.17) is 21.1 Å². The monoisotopic (exact) mass is 1060 g/mol. The molecule has 4 N–H and O–H groups in total. The number of fused-ring (bicyclic) bond motifs is 1. The van der Waals surface area contributed by atoms with Crippen LogP contribution in [0.4, 0.5) is 17.1 Å². The maximum Gasteiger partial charge on any atom is 0.352 e. The summed E-state index contributed by atoms with van der Waals surface area (Å²) in [4.78, 5) is 91.8. The first-order valence-electron chi connectivity index (χ1n) is 23.2. The van der Waals surface area contributed by atoms with Crippen molar-refractivity contribution in [1.82, 2.24) is 29.5 Å². The topological polar surface area (TPSA) is 269 Å². The minimum absolute atomic E-state index is 0.00767. The Kier molecular flexibility index (Phi) is 15.3. The van der Waals surface area contributed by atoms with Crippen molar-refractivity contribution in [2.75, 3.05) is 42.3 Å². The maximum absolute atomic E-state index is 13.7. The number of aliphatic carboxylic acids is 1. The van der Waals surface area contributed by atoms with Crippen molar-refractivity contribution in [3.05, 3.63) is 105 Å². The zero-order valence-corrected chi connectivity index (χ0v) is 42.6. The third-order valence-corrected chi connectivity index (χ3v) is 15.8. The minimum Gasteiger partial charge on any atom is -0.479 e. The van der Waals surface area contributed by atoms with Crippen molar-refractivity contribution < 1.29 is 56.6 Å². The van der Waals surface area contributed by atoms with Gasteiger partial charge in [-0.25, -0.2) is 22.3 Å². The first kappa shape index (κ1) is 52.1. The molecule has 21 nitrogen and oxygen atoms in total. The summed E-state index contributed by atoms with van der Waals surface area (Å²) in [6.07, 6.45) is 2.78. The van der Waals surface area contributed by atoms with Crippen LogP contribution in [0, 0.1) is 0 Å². The lowest BCUT2D eigenvalue weighted by molar-refractivity contribution is -0.139. The lowest BCUT2D eigenvalue weighted by Gasteiger charge is -2.37. The highest BCUT2D eigenvalue weighted by Crippen LogP contribution is 2.47. The number of esters is 1. The molecule has 0 saturated carbocycles. The number of nitrogens with zero attached hydrogens (tertiary/aromatic N) is 6. The number of hydrogen-bond donors (Lipinski definition) is 4. The molecule has 0 radical (unpaired) electrons. The molecule has 1 atom stereocenters. The molecule has 5 heterocycles. The summed E-state index contributed by atoms with van der Waals surface area (Å²) in [5.74, 6) is -5.03. The third kappa shape index (κ3) is 12.0. The van der Waals surface area contributed by atoms with Crippen molar-refractivity contribution in [3.8, 4) is 16.2 Å². The molecule has 3 aliphatic heterocycles. The quantitative estimate of drug-likeness (QED) is 0.0619. The van der Waals surface area contributed by atoms with Crippen LogP contribution in [0.15, 0.2) is 72.9 Å². The summed E-state index contributed by atoms with van der Waals surface area (Å²) >= 11 is 7.78. The predicted molar refractivity (Wildman–Crippen MR) is 269 cm³/mol. The second-order valence-electron chi connectivity index (χ2n) is 18.6. The maximum atomic E-state index is 13.7. The molecule has 8 rings (SSSR count). The molecule has 2 aromatic heterocycles. The lowest BCUT2D eigenvalue weighted by atomic mass is 10.0. The van der Waals surface area contributed by atoms with E-state index in [1.807, 2.05) is 31.3 Å². The molecule has 384 valence electrons. The number of imide groups is 2. The normalized spacial score (nSPS) is 16.5. The van der Waals surface area contributed by atoms with Crippen molar-refractivity contribution in [2.24, 2.45) is 0 Å². The SMILES string of the molecule is CN(c1cccc(-c2sc(C(=O)OC(C)(C)C)c(OCC(=O)O)c2Cl)c1)C1CCN(S(=O)(=O)Cc2cccc(NC(=O)CCn3cc(CNc4cccc5c4C(=O)N(C4CCC(=O)NC4=O)C5=O)nn3)c2)CC1. The van der Waals surface area contributed by atoms with Crippen LogP contribution in [-0.4, -0.2) is 124 Å². The van der Waals surface area contributed by atoms with Gasteiger partial charge in [0.15, 0.2) is 17.2 Å². The van der Waals surface area contributed by atoms with Gasteiger partial charge in [-0.1, -0.05) is 47.1 Å². The first-order valence-corrected chi connectivity index (χ1v) is 26.0. The number of amides is 5. The summed E-state index contributed by atoms with van der Waals surface area (Å²) in [5, 5.41) is 25.7. The number of carboxylic acid groups (broad SMARTS) is 1. The van der Waals surface area contributed by atoms with Gasteiger partial charge < -0.3 is 30.1 Å². The Labute approximate surface area is 428 Å². The first-order chi connectivity index (χ1) is 34.6. The molecule has 0 spiro atoms. The number of anilines is 3. The van der Waals surface area contributed by atoms with Crippen molar-refractivity contribution in [2.45, 2.75) is 89.4 Å². The van der Waals surface area contributed by atoms with Crippen molar-refractivity contribution >= 4 is 91.5 Å². The Balaban J connectivity index is 0.815. The number of carbonyl (C=O) groups is 7. The number of hydrogen-bond acceptors (Lipinski definition) is 16. The molecular weight excluding hydrogens is 1010 g/mol. The van der Waals surface area contributed by atoms with Gasteiger partial charge in [-0.3, -0.25) is 38.9 Å². The standard InChI is InChI=1S/C49H52ClN9O12S2/c1-49(2,3)71-48(67)44-42(70-26-39(62)63)41(50)43(72-44)29-9-6-11-33(23-29)56(4)32-16-20-58(21-17-32)73(68,69)27-28-8-5-10-30(22-28)52-38(61)18-19-57-25-31(54-55-57)24-51-35-13-7-12-34-40(35)47(66)59(46(34)65)36-14-15-37(60)53-45(36)64/h5-13,22-23,25,32,36,51H,14-21,24,26-27H2,1-4H3,(H,52,61)(H,62,63)(H,53,60,64). The molecule has 5 amide bonds. The van der Waals surface area contributed by atoms with E-state index in [1.54, 1.807) is 63.4 Å². The molecule has 5 aromatic rings. The van der Waals surface area contributed by atoms with Gasteiger partial charge in [0.2, 0.25) is 27.7 Å². The van der Waals surface area contributed by atoms with E-state index in [2.05, 4.69) is 31.2 Å². The number of carboxylic acids is 1. The van der Waals surface area contributed by atoms with E-state index in [-0.39, 0.29) is 89.9 Å². The fourth-order valence-corrected chi connectivity index (χ4v) is 11.7. The van der Waals surface area contributed by atoms with Gasteiger partial charge in [0.05, 0.1) is 41.0 Å². The van der Waals surface area contributed by atoms with Crippen LogP contribution in [0.3, 0.4) is 0 Å². The second kappa shape index (κ2) is 21.5. The van der Waals surface area contributed by atoms with Crippen LogP contribution in [0.2, 0.25) is 5.02 Å². The van der Waals surface area contributed by atoms with Gasteiger partial charge in [0, 0.05) is 56.1 Å². The largest absolute Gasteiger partial charge is 0.479 e. The van der Waals surface area contributed by atoms with E-state index in [9.17, 15) is 47.1 Å². The fourth-order valence-electron chi connectivity index (χ4n) is 8.75. The molecule has 2 fully saturated rings. The van der Waals surface area contributed by atoms with Gasteiger partial charge in [0.25, 0.3) is 11.8 Å². The molecule has 24 heteroatoms. The Morgan fingerprint density at radius 2 is 1.73 bits per heavy atom. The predicted octanol–water partition coefficient (Wildman–Crippen LogP) is 5.55. The Hall–Kier alpha value is -7.21. The molecule has 3 aromatic carbocycles. The molecule has 0 aliphatic carbocycles. The number of sulfonamides is 1. The molecule has 2 saturated heterocycles. The second-order valence-corrected chi connectivity index (χ2v) is 22.0. The van der Waals surface area contributed by atoms with Gasteiger partial charge in [-0.05, 0) is 87.6 Å². The fraction of sp³-hybridized carbons (Fsp3) is 0.367. The summed E-state index contributed by atoms with van der Waals surface area (Å²) in [5.41, 5.74) is 2.67. The molecular formula is C49H52ClN9O12S2. The average molecular weight is 1060 g/mol. The van der Waals surface area contributed by atoms with Crippen LogP contribution in [0.25, 0.3) is 10.4 Å². The molecule has 1 unspecified atom stereocenters. The van der Waals surface area contributed by atoms with Crippen LogP contribution in [-0.2, 0) is 52.8 Å². The van der Waals surface area contributed by atoms with Gasteiger partial charge in [-0.2, -0.15) is 0 Å². The number of ether oxygens (including phenoxy) is 2. The van der Waals surface area contributed by atoms with Crippen molar-refractivity contribution in [3.63, 3.8) is 0 Å². The zero-order valence-electron chi connectivity index (χ0n) is 40.2. The molecule has 0 bridgehead atoms. The van der Waals surface area contributed by atoms with Crippen LogP contribution >= 0.6 is 22.9 Å². The number of benzene rings is 3. The van der Waals surface area contributed by atoms with Gasteiger partial charge in [0.1, 0.15) is 22.4 Å². The Morgan fingerprint density at radius 1 is 0.986 bits per heavy atom. The molecule has 73 heavy (non-hydrogen) atoms. The average Bonchev–Trinajstić information content (AvgIpc) is 4.02. The lowest BCUT2D eigenvalue weighted by Crippen LogP contribution is -2.54. The van der Waals surface area contributed by atoms with Crippen LogP contribution in [0.1, 0.15) is 94.5 Å². The number of rotatable bonds is 18. The number of carbonyl (C=O) groups excluding carboxylic acids is 6.